The number of allylic oxidation sites excluding steroid dienone is 1. The van der Waals surface area contributed by atoms with Crippen molar-refractivity contribution < 1.29 is 13.9 Å². The summed E-state index contributed by atoms with van der Waals surface area (Å²) in [6.45, 7) is 4.36. The fourth-order valence-corrected chi connectivity index (χ4v) is 3.00. The first kappa shape index (κ1) is 22.2. The summed E-state index contributed by atoms with van der Waals surface area (Å²) >= 11 is 0. The molecule has 0 radical (unpaired) electrons. The molecule has 5 N–H and O–H groups in total. The van der Waals surface area contributed by atoms with Crippen LogP contribution in [0, 0.1) is 5.41 Å². The minimum Gasteiger partial charge on any atom is -0.491 e. The van der Waals surface area contributed by atoms with E-state index in [9.17, 15) is 9.18 Å². The van der Waals surface area contributed by atoms with Gasteiger partial charge in [-0.05, 0) is 32.0 Å². The molecule has 1 amide bonds. The number of piperazine rings is 1. The van der Waals surface area contributed by atoms with Crippen molar-refractivity contribution in [3.8, 4) is 5.75 Å². The zero-order valence-corrected chi connectivity index (χ0v) is 17.1. The number of rotatable bonds is 7. The van der Waals surface area contributed by atoms with Crippen molar-refractivity contribution in [2.75, 3.05) is 45.6 Å². The van der Waals surface area contributed by atoms with Crippen molar-refractivity contribution in [1.29, 1.82) is 5.41 Å². The van der Waals surface area contributed by atoms with E-state index >= 15 is 0 Å². The number of halogens is 1. The maximum atomic E-state index is 12.5. The summed E-state index contributed by atoms with van der Waals surface area (Å²) in [6.07, 6.45) is 1.54. The lowest BCUT2D eigenvalue weighted by Crippen LogP contribution is -2.52. The van der Waals surface area contributed by atoms with Crippen molar-refractivity contribution in [2.45, 2.75) is 20.0 Å². The lowest BCUT2D eigenvalue weighted by Gasteiger charge is -2.35. The molecule has 1 fully saturated rings. The van der Waals surface area contributed by atoms with E-state index in [-0.39, 0.29) is 36.5 Å². The van der Waals surface area contributed by atoms with Gasteiger partial charge in [0.1, 0.15) is 18.3 Å². The summed E-state index contributed by atoms with van der Waals surface area (Å²) < 4.78 is 18.2. The van der Waals surface area contributed by atoms with Gasteiger partial charge >= 0.3 is 0 Å². The zero-order valence-electron chi connectivity index (χ0n) is 17.1. The Morgan fingerprint density at radius 3 is 2.72 bits per heavy atom. The third-order valence-electron chi connectivity index (χ3n) is 4.47. The van der Waals surface area contributed by atoms with Gasteiger partial charge in [0.25, 0.3) is 0 Å². The maximum Gasteiger partial charge on any atom is 0.242 e. The Morgan fingerprint density at radius 1 is 1.41 bits per heavy atom. The molecule has 1 heterocycles. The first-order valence-electron chi connectivity index (χ1n) is 9.45. The number of aliphatic imine (C=N–C) groups is 1. The second-order valence-electron chi connectivity index (χ2n) is 6.96. The third-order valence-corrected chi connectivity index (χ3v) is 4.47. The molecule has 0 saturated carbocycles. The molecule has 0 unspecified atom stereocenters. The Bertz CT molecular complexity index is 821. The molecule has 0 aliphatic carbocycles. The number of nitrogens with two attached hydrogens (primary N) is 2. The van der Waals surface area contributed by atoms with Crippen LogP contribution in [0.1, 0.15) is 19.4 Å². The first-order chi connectivity index (χ1) is 13.8. The van der Waals surface area contributed by atoms with Crippen molar-refractivity contribution in [1.82, 2.24) is 9.80 Å². The predicted octanol–water partition coefficient (Wildman–Crippen LogP) is 1.41. The molecule has 9 heteroatoms. The summed E-state index contributed by atoms with van der Waals surface area (Å²) in [7, 11) is 1.59. The summed E-state index contributed by atoms with van der Waals surface area (Å²) in [5.41, 5.74) is 13.2. The highest BCUT2D eigenvalue weighted by molar-refractivity contribution is 6.16. The number of benzene rings is 1. The Morgan fingerprint density at radius 2 is 2.14 bits per heavy atom. The molecule has 8 nitrogen and oxygen atoms in total. The van der Waals surface area contributed by atoms with E-state index < -0.39 is 6.67 Å². The van der Waals surface area contributed by atoms with Gasteiger partial charge in [-0.15, -0.1) is 0 Å². The van der Waals surface area contributed by atoms with E-state index in [0.717, 1.165) is 0 Å². The Labute approximate surface area is 170 Å². The number of nitrogens with one attached hydrogen (secondary N) is 1. The van der Waals surface area contributed by atoms with Crippen LogP contribution in [-0.4, -0.2) is 73.3 Å². The van der Waals surface area contributed by atoms with Crippen molar-refractivity contribution in [3.63, 3.8) is 0 Å². The number of hydrogen-bond acceptors (Lipinski definition) is 6. The van der Waals surface area contributed by atoms with Gasteiger partial charge in [0.05, 0.1) is 24.1 Å². The average molecular weight is 404 g/mol. The molecule has 1 aliphatic heterocycles. The van der Waals surface area contributed by atoms with Gasteiger partial charge in [-0.2, -0.15) is 0 Å². The average Bonchev–Trinajstić information content (AvgIpc) is 2.68. The van der Waals surface area contributed by atoms with Crippen LogP contribution < -0.4 is 16.2 Å². The van der Waals surface area contributed by atoms with Crippen LogP contribution in [0.4, 0.5) is 10.1 Å². The monoisotopic (exact) mass is 404 g/mol. The summed E-state index contributed by atoms with van der Waals surface area (Å²) in [5, 5.41) is 8.45. The number of carbonyl (C=O) groups excluding carboxylic acids is 1. The second-order valence-corrected chi connectivity index (χ2v) is 6.96. The molecule has 1 saturated heterocycles. The van der Waals surface area contributed by atoms with Gasteiger partial charge < -0.3 is 26.0 Å². The molecule has 0 aromatic heterocycles. The van der Waals surface area contributed by atoms with Crippen molar-refractivity contribution in [3.05, 3.63) is 35.5 Å². The van der Waals surface area contributed by atoms with Gasteiger partial charge in [0.2, 0.25) is 5.91 Å². The van der Waals surface area contributed by atoms with E-state index in [2.05, 4.69) is 4.99 Å². The van der Waals surface area contributed by atoms with Crippen molar-refractivity contribution >= 4 is 23.1 Å². The van der Waals surface area contributed by atoms with Crippen LogP contribution in [-0.2, 0) is 4.79 Å². The summed E-state index contributed by atoms with van der Waals surface area (Å²) in [6, 6.07) is 5.10. The molecule has 2 rings (SSSR count). The molecule has 0 bridgehead atoms. The Balaban J connectivity index is 2.18. The van der Waals surface area contributed by atoms with Crippen LogP contribution in [0.15, 0.2) is 35.0 Å². The lowest BCUT2D eigenvalue weighted by atomic mass is 10.0. The van der Waals surface area contributed by atoms with Crippen LogP contribution in [0.2, 0.25) is 0 Å². The topological polar surface area (TPSA) is 121 Å². The molecule has 158 valence electrons. The number of nitrogens with zero attached hydrogens (tertiary/aromatic N) is 3. The number of nitrogen functional groups attached to an aromatic ring is 1. The minimum atomic E-state index is -0.564. The number of carbonyl (C=O) groups is 1. The van der Waals surface area contributed by atoms with Gasteiger partial charge in [-0.3, -0.25) is 15.2 Å². The maximum absolute atomic E-state index is 12.5. The van der Waals surface area contributed by atoms with Crippen LogP contribution in [0.25, 0.3) is 0 Å². The van der Waals surface area contributed by atoms with Gasteiger partial charge in [0, 0.05) is 44.0 Å². The number of amides is 1. The number of alkyl halides is 1. The predicted molar refractivity (Wildman–Crippen MR) is 113 cm³/mol. The molecule has 1 aromatic carbocycles. The van der Waals surface area contributed by atoms with E-state index in [1.54, 1.807) is 36.2 Å². The smallest absolute Gasteiger partial charge is 0.242 e. The molecular formula is C20H29FN6O2. The van der Waals surface area contributed by atoms with Gasteiger partial charge in [-0.1, -0.05) is 0 Å². The number of ether oxygens (including phenoxy) is 1. The van der Waals surface area contributed by atoms with E-state index in [1.807, 2.05) is 13.8 Å². The van der Waals surface area contributed by atoms with E-state index in [4.69, 9.17) is 21.6 Å². The molecule has 0 atom stereocenters. The van der Waals surface area contributed by atoms with Gasteiger partial charge in [-0.25, -0.2) is 4.39 Å². The second kappa shape index (κ2) is 9.90. The van der Waals surface area contributed by atoms with E-state index in [1.165, 1.54) is 4.90 Å². The van der Waals surface area contributed by atoms with Crippen molar-refractivity contribution in [2.24, 2.45) is 10.7 Å². The fraction of sp³-hybridized carbons (Fsp3) is 0.450. The highest BCUT2D eigenvalue weighted by Gasteiger charge is 2.25. The van der Waals surface area contributed by atoms with Gasteiger partial charge in [0.15, 0.2) is 0 Å². The SMILES string of the molecule is CN=C(C=C(N)C(=N)c1cc(OC(C)C)ccc1N)N1CCN(CCF)C(=O)C1. The number of anilines is 1. The standard InChI is InChI=1S/C20H29FN6O2/c1-13(2)29-14-4-5-16(22)15(10-14)20(24)17(23)11-18(25-3)27-9-8-26(7-6-21)19(28)12-27/h4-5,10-11,13,24H,6-9,12,22-23H2,1-3H3. The summed E-state index contributed by atoms with van der Waals surface area (Å²) in [4.78, 5) is 19.6. The largest absolute Gasteiger partial charge is 0.491 e. The molecular weight excluding hydrogens is 375 g/mol. The zero-order chi connectivity index (χ0) is 21.6. The van der Waals surface area contributed by atoms with E-state index in [0.29, 0.717) is 35.9 Å². The van der Waals surface area contributed by atoms with Crippen LogP contribution in [0.5, 0.6) is 5.75 Å². The normalized spacial score (nSPS) is 15.8. The van der Waals surface area contributed by atoms with Crippen LogP contribution >= 0.6 is 0 Å². The quantitative estimate of drug-likeness (QED) is 0.360. The lowest BCUT2D eigenvalue weighted by molar-refractivity contribution is -0.134. The minimum absolute atomic E-state index is 0.0130. The molecule has 1 aromatic rings. The highest BCUT2D eigenvalue weighted by atomic mass is 19.1. The highest BCUT2D eigenvalue weighted by Crippen LogP contribution is 2.22. The molecule has 0 spiro atoms. The Hall–Kier alpha value is -3.10. The molecule has 29 heavy (non-hydrogen) atoms. The van der Waals surface area contributed by atoms with Crippen LogP contribution in [0.3, 0.4) is 0 Å². The third kappa shape index (κ3) is 5.69. The fourth-order valence-electron chi connectivity index (χ4n) is 3.00. The molecule has 1 aliphatic rings. The number of amidine groups is 1. The summed E-state index contributed by atoms with van der Waals surface area (Å²) in [5.74, 6) is 0.911. The Kier molecular flexibility index (Phi) is 7.58. The first-order valence-corrected chi connectivity index (χ1v) is 9.45. The number of hydrogen-bond donors (Lipinski definition) is 3.